The molecule has 16 heavy (non-hydrogen) atoms. The average molecular weight is 224 g/mol. The minimum absolute atomic E-state index is 0.498. The van der Waals surface area contributed by atoms with Gasteiger partial charge in [-0.25, -0.2) is 0 Å². The van der Waals surface area contributed by atoms with E-state index in [0.717, 1.165) is 29.6 Å². The van der Waals surface area contributed by atoms with Crippen LogP contribution in [-0.2, 0) is 0 Å². The van der Waals surface area contributed by atoms with E-state index in [-0.39, 0.29) is 0 Å². The largest absolute Gasteiger partial charge is 0.0651 e. The third kappa shape index (κ3) is 3.02. The second-order valence-corrected chi connectivity index (χ2v) is 7.11. The molecule has 0 aliphatic heterocycles. The third-order valence-corrected chi connectivity index (χ3v) is 5.87. The van der Waals surface area contributed by atoms with Crippen molar-refractivity contribution >= 4 is 0 Å². The van der Waals surface area contributed by atoms with E-state index in [0.29, 0.717) is 5.41 Å². The molecule has 96 valence electrons. The minimum atomic E-state index is 0.498. The Labute approximate surface area is 103 Å². The molecule has 1 fully saturated rings. The molecular formula is C16H32. The first-order valence-corrected chi connectivity index (χ1v) is 7.30. The topological polar surface area (TPSA) is 0 Å². The van der Waals surface area contributed by atoms with Gasteiger partial charge in [-0.2, -0.15) is 0 Å². The molecular weight excluding hydrogens is 192 g/mol. The van der Waals surface area contributed by atoms with Crippen molar-refractivity contribution in [1.29, 1.82) is 0 Å². The van der Waals surface area contributed by atoms with Crippen LogP contribution in [0.25, 0.3) is 0 Å². The molecule has 0 aromatic heterocycles. The molecule has 0 aromatic rings. The molecule has 0 aromatic carbocycles. The predicted octanol–water partition coefficient (Wildman–Crippen LogP) is 5.38. The monoisotopic (exact) mass is 224 g/mol. The van der Waals surface area contributed by atoms with E-state index in [4.69, 9.17) is 0 Å². The minimum Gasteiger partial charge on any atom is -0.0651 e. The maximum atomic E-state index is 2.49. The fraction of sp³-hybridized carbons (Fsp3) is 1.00. The Kier molecular flexibility index (Phi) is 4.49. The van der Waals surface area contributed by atoms with E-state index < -0.39 is 0 Å². The van der Waals surface area contributed by atoms with E-state index in [2.05, 4.69) is 48.5 Å². The van der Waals surface area contributed by atoms with E-state index in [1.165, 1.54) is 19.3 Å². The number of hydrogen-bond donors (Lipinski definition) is 0. The fourth-order valence-corrected chi connectivity index (χ4v) is 3.02. The van der Waals surface area contributed by atoms with Gasteiger partial charge in [0.1, 0.15) is 0 Å². The van der Waals surface area contributed by atoms with Gasteiger partial charge in [0.2, 0.25) is 0 Å². The maximum Gasteiger partial charge on any atom is -0.0300 e. The molecule has 0 saturated heterocycles. The number of hydrogen-bond acceptors (Lipinski definition) is 0. The molecule has 0 N–H and O–H groups in total. The Morgan fingerprint density at radius 1 is 1.19 bits per heavy atom. The predicted molar refractivity (Wildman–Crippen MR) is 73.5 cm³/mol. The summed E-state index contributed by atoms with van der Waals surface area (Å²) >= 11 is 0. The van der Waals surface area contributed by atoms with Crippen LogP contribution in [-0.4, -0.2) is 0 Å². The number of rotatable bonds is 6. The highest BCUT2D eigenvalue weighted by molar-refractivity contribution is 4.89. The first-order chi connectivity index (χ1) is 7.30. The molecule has 0 nitrogen and oxygen atoms in total. The second kappa shape index (κ2) is 5.10. The van der Waals surface area contributed by atoms with Crippen LogP contribution in [0.15, 0.2) is 0 Å². The molecule has 1 aliphatic rings. The molecule has 0 amide bonds. The molecule has 5 atom stereocenters. The van der Waals surface area contributed by atoms with Crippen molar-refractivity contribution in [3.63, 3.8) is 0 Å². The van der Waals surface area contributed by atoms with Gasteiger partial charge in [-0.15, -0.1) is 0 Å². The Morgan fingerprint density at radius 2 is 1.69 bits per heavy atom. The van der Waals surface area contributed by atoms with Crippen molar-refractivity contribution in [2.45, 2.75) is 67.7 Å². The summed E-state index contributed by atoms with van der Waals surface area (Å²) in [4.78, 5) is 0. The van der Waals surface area contributed by atoms with Crippen LogP contribution in [0, 0.1) is 35.0 Å². The first kappa shape index (κ1) is 14.1. The molecule has 0 bridgehead atoms. The molecule has 1 rings (SSSR count). The van der Waals surface area contributed by atoms with Crippen LogP contribution < -0.4 is 0 Å². The highest BCUT2D eigenvalue weighted by Gasteiger charge is 2.40. The summed E-state index contributed by atoms with van der Waals surface area (Å²) in [6.07, 6.45) is 4.25. The zero-order chi connectivity index (χ0) is 12.5. The van der Waals surface area contributed by atoms with Gasteiger partial charge in [0.15, 0.2) is 0 Å². The maximum absolute atomic E-state index is 2.49. The van der Waals surface area contributed by atoms with Gasteiger partial charge < -0.3 is 0 Å². The smallest absolute Gasteiger partial charge is 0.0300 e. The van der Waals surface area contributed by atoms with Crippen molar-refractivity contribution in [2.24, 2.45) is 35.0 Å². The Morgan fingerprint density at radius 3 is 2.06 bits per heavy atom. The second-order valence-electron chi connectivity index (χ2n) is 7.11. The highest BCUT2D eigenvalue weighted by atomic mass is 14.5. The van der Waals surface area contributed by atoms with E-state index >= 15 is 0 Å². The molecule has 0 heteroatoms. The van der Waals surface area contributed by atoms with Gasteiger partial charge in [0, 0.05) is 0 Å². The summed E-state index contributed by atoms with van der Waals surface area (Å²) in [5.74, 6) is 4.61. The average Bonchev–Trinajstić information content (AvgIpc) is 2.91. The summed E-state index contributed by atoms with van der Waals surface area (Å²) in [5, 5.41) is 0. The van der Waals surface area contributed by atoms with E-state index in [9.17, 15) is 0 Å². The van der Waals surface area contributed by atoms with Crippen LogP contribution in [0.4, 0.5) is 0 Å². The normalized spacial score (nSPS) is 30.9. The van der Waals surface area contributed by atoms with Crippen molar-refractivity contribution < 1.29 is 0 Å². The first-order valence-electron chi connectivity index (χ1n) is 7.30. The van der Waals surface area contributed by atoms with Crippen LogP contribution in [0.2, 0.25) is 0 Å². The summed E-state index contributed by atoms with van der Waals surface area (Å²) in [5.41, 5.74) is 0.498. The van der Waals surface area contributed by atoms with Gasteiger partial charge >= 0.3 is 0 Å². The van der Waals surface area contributed by atoms with Crippen LogP contribution in [0.5, 0.6) is 0 Å². The summed E-state index contributed by atoms with van der Waals surface area (Å²) in [7, 11) is 0. The van der Waals surface area contributed by atoms with Gasteiger partial charge in [-0.05, 0) is 47.8 Å². The molecule has 0 spiro atoms. The lowest BCUT2D eigenvalue weighted by atomic mass is 9.64. The molecule has 1 saturated carbocycles. The van der Waals surface area contributed by atoms with Crippen molar-refractivity contribution in [2.75, 3.05) is 0 Å². The van der Waals surface area contributed by atoms with Crippen molar-refractivity contribution in [3.8, 4) is 0 Å². The molecule has 0 heterocycles. The summed E-state index contributed by atoms with van der Waals surface area (Å²) in [6, 6.07) is 0. The van der Waals surface area contributed by atoms with E-state index in [1.807, 2.05) is 0 Å². The van der Waals surface area contributed by atoms with Crippen LogP contribution in [0.1, 0.15) is 67.7 Å². The third-order valence-electron chi connectivity index (χ3n) is 5.87. The Bertz CT molecular complexity index is 216. The van der Waals surface area contributed by atoms with Crippen molar-refractivity contribution in [3.05, 3.63) is 0 Å². The summed E-state index contributed by atoms with van der Waals surface area (Å²) < 4.78 is 0. The standard InChI is InChI=1S/C16H32/c1-8-11(2)14(5)16(6,7)13(4)10-15-9-12(15)3/h11-15H,8-10H2,1-7H3. The lowest BCUT2D eigenvalue weighted by Gasteiger charge is -2.41. The Hall–Kier alpha value is 0. The van der Waals surface area contributed by atoms with Gasteiger partial charge in [-0.3, -0.25) is 0 Å². The lowest BCUT2D eigenvalue weighted by molar-refractivity contribution is 0.0843. The molecule has 5 unspecified atom stereocenters. The van der Waals surface area contributed by atoms with Crippen LogP contribution in [0.3, 0.4) is 0 Å². The summed E-state index contributed by atoms with van der Waals surface area (Å²) in [6.45, 7) is 17.1. The Balaban J connectivity index is 2.53. The molecule has 1 aliphatic carbocycles. The SMILES string of the molecule is CCC(C)C(C)C(C)(C)C(C)CC1CC1C. The highest BCUT2D eigenvalue weighted by Crippen LogP contribution is 2.49. The molecule has 0 radical (unpaired) electrons. The van der Waals surface area contributed by atoms with Gasteiger partial charge in [-0.1, -0.05) is 54.9 Å². The van der Waals surface area contributed by atoms with Gasteiger partial charge in [0.05, 0.1) is 0 Å². The zero-order valence-electron chi connectivity index (χ0n) is 12.5. The fourth-order valence-electron chi connectivity index (χ4n) is 3.02. The zero-order valence-corrected chi connectivity index (χ0v) is 12.5. The quantitative estimate of drug-likeness (QED) is 0.568. The van der Waals surface area contributed by atoms with E-state index in [1.54, 1.807) is 0 Å². The lowest BCUT2D eigenvalue weighted by Crippen LogP contribution is -2.33. The van der Waals surface area contributed by atoms with Gasteiger partial charge in [0.25, 0.3) is 0 Å². The van der Waals surface area contributed by atoms with Crippen molar-refractivity contribution in [1.82, 2.24) is 0 Å². The van der Waals surface area contributed by atoms with Crippen LogP contribution >= 0.6 is 0 Å².